The van der Waals surface area contributed by atoms with Gasteiger partial charge < -0.3 is 9.64 Å². The van der Waals surface area contributed by atoms with E-state index in [4.69, 9.17) is 16.3 Å². The molecule has 1 atom stereocenters. The van der Waals surface area contributed by atoms with Crippen molar-refractivity contribution in [1.82, 2.24) is 9.21 Å². The van der Waals surface area contributed by atoms with E-state index in [-0.39, 0.29) is 28.3 Å². The van der Waals surface area contributed by atoms with E-state index in [0.717, 1.165) is 38.8 Å². The third-order valence-corrected chi connectivity index (χ3v) is 8.94. The predicted octanol–water partition coefficient (Wildman–Crippen LogP) is 4.23. The van der Waals surface area contributed by atoms with E-state index in [1.807, 2.05) is 11.0 Å². The Bertz CT molecular complexity index is 1070. The van der Waals surface area contributed by atoms with Gasteiger partial charge in [0.05, 0.1) is 22.9 Å². The zero-order chi connectivity index (χ0) is 23.4. The molecule has 0 aromatic heterocycles. The minimum Gasteiger partial charge on any atom is -0.495 e. The molecule has 1 amide bonds. The number of amides is 1. The molecular formula is C25H31ClN2O4S. The second-order valence-electron chi connectivity index (χ2n) is 8.96. The van der Waals surface area contributed by atoms with Crippen molar-refractivity contribution in [3.8, 4) is 5.75 Å². The fourth-order valence-electron chi connectivity index (χ4n) is 4.88. The van der Waals surface area contributed by atoms with Crippen molar-refractivity contribution in [3.05, 3.63) is 59.1 Å². The van der Waals surface area contributed by atoms with Gasteiger partial charge in [0.1, 0.15) is 5.75 Å². The average molecular weight is 491 g/mol. The van der Waals surface area contributed by atoms with Gasteiger partial charge in [-0.25, -0.2) is 8.42 Å². The molecule has 0 bridgehead atoms. The van der Waals surface area contributed by atoms with Crippen molar-refractivity contribution >= 4 is 27.5 Å². The van der Waals surface area contributed by atoms with Crippen molar-refractivity contribution in [3.63, 3.8) is 0 Å². The van der Waals surface area contributed by atoms with Crippen LogP contribution in [-0.2, 0) is 21.2 Å². The van der Waals surface area contributed by atoms with Crippen molar-refractivity contribution in [2.75, 3.05) is 33.3 Å². The molecule has 0 N–H and O–H groups in total. The summed E-state index contributed by atoms with van der Waals surface area (Å²) in [6.07, 6.45) is 4.41. The molecule has 2 aliphatic rings. The minimum absolute atomic E-state index is 0.0841. The van der Waals surface area contributed by atoms with Crippen LogP contribution in [-0.4, -0.2) is 56.8 Å². The van der Waals surface area contributed by atoms with Gasteiger partial charge in [0, 0.05) is 26.2 Å². The van der Waals surface area contributed by atoms with Gasteiger partial charge >= 0.3 is 0 Å². The second kappa shape index (κ2) is 10.5. The molecular weight excluding hydrogens is 460 g/mol. The minimum atomic E-state index is -3.73. The second-order valence-corrected chi connectivity index (χ2v) is 11.3. The van der Waals surface area contributed by atoms with E-state index in [2.05, 4.69) is 24.3 Å². The van der Waals surface area contributed by atoms with Gasteiger partial charge in [-0.3, -0.25) is 4.79 Å². The molecule has 0 unspecified atom stereocenters. The topological polar surface area (TPSA) is 66.9 Å². The molecule has 0 saturated carbocycles. The van der Waals surface area contributed by atoms with Crippen LogP contribution in [0.4, 0.5) is 0 Å². The van der Waals surface area contributed by atoms with Gasteiger partial charge in [-0.15, -0.1) is 0 Å². The standard InChI is InChI=1S/C25H31ClN2O4S/c1-32-24-10-9-22(17-23(24)26)33(30,31)28-13-5-8-21(18-28)25(29)27-14-11-20(12-15-27)16-19-6-3-2-4-7-19/h2-4,6-7,9-10,17,20-21H,5,8,11-16,18H2,1H3/t21-/m0/s1. The first kappa shape index (κ1) is 24.0. The molecule has 2 fully saturated rings. The van der Waals surface area contributed by atoms with Crippen LogP contribution in [0.1, 0.15) is 31.2 Å². The number of likely N-dealkylation sites (tertiary alicyclic amines) is 1. The molecule has 2 saturated heterocycles. The number of nitrogens with zero attached hydrogens (tertiary/aromatic N) is 2. The molecule has 0 spiro atoms. The van der Waals surface area contributed by atoms with Crippen molar-refractivity contribution in [2.24, 2.45) is 11.8 Å². The maximum Gasteiger partial charge on any atom is 0.243 e. The third kappa shape index (κ3) is 5.53. The molecule has 8 heteroatoms. The summed E-state index contributed by atoms with van der Waals surface area (Å²) in [4.78, 5) is 15.3. The molecule has 2 aromatic carbocycles. The fraction of sp³-hybridized carbons (Fsp3) is 0.480. The smallest absolute Gasteiger partial charge is 0.243 e. The Morgan fingerprint density at radius 1 is 1.06 bits per heavy atom. The van der Waals surface area contributed by atoms with Gasteiger partial charge in [0.25, 0.3) is 0 Å². The SMILES string of the molecule is COc1ccc(S(=O)(=O)N2CCC[C@H](C(=O)N3CCC(Cc4ccccc4)CC3)C2)cc1Cl. The maximum atomic E-state index is 13.2. The van der Waals surface area contributed by atoms with Crippen molar-refractivity contribution in [2.45, 2.75) is 37.0 Å². The first-order chi connectivity index (χ1) is 15.9. The summed E-state index contributed by atoms with van der Waals surface area (Å²) in [7, 11) is -2.24. The third-order valence-electron chi connectivity index (χ3n) is 6.79. The van der Waals surface area contributed by atoms with E-state index in [1.165, 1.54) is 29.1 Å². The monoisotopic (exact) mass is 490 g/mol. The lowest BCUT2D eigenvalue weighted by atomic mass is 9.89. The number of rotatable bonds is 6. The van der Waals surface area contributed by atoms with Crippen LogP contribution in [0.3, 0.4) is 0 Å². The maximum absolute atomic E-state index is 13.2. The van der Waals surface area contributed by atoms with Crippen LogP contribution in [0.2, 0.25) is 5.02 Å². The number of methoxy groups -OCH3 is 1. The number of carbonyl (C=O) groups is 1. The Kier molecular flexibility index (Phi) is 7.62. The predicted molar refractivity (Wildman–Crippen MR) is 129 cm³/mol. The summed E-state index contributed by atoms with van der Waals surface area (Å²) in [5, 5.41) is 0.251. The zero-order valence-corrected chi connectivity index (χ0v) is 20.5. The summed E-state index contributed by atoms with van der Waals surface area (Å²) in [6, 6.07) is 15.0. The highest BCUT2D eigenvalue weighted by atomic mass is 35.5. The molecule has 178 valence electrons. The van der Waals surface area contributed by atoms with Gasteiger partial charge in [-0.05, 0) is 61.8 Å². The fourth-order valence-corrected chi connectivity index (χ4v) is 6.76. The van der Waals surface area contributed by atoms with Crippen LogP contribution < -0.4 is 4.74 Å². The van der Waals surface area contributed by atoms with Crippen LogP contribution in [0.5, 0.6) is 5.75 Å². The van der Waals surface area contributed by atoms with Crippen LogP contribution in [0.15, 0.2) is 53.4 Å². The molecule has 0 radical (unpaired) electrons. The van der Waals surface area contributed by atoms with E-state index < -0.39 is 10.0 Å². The van der Waals surface area contributed by atoms with Crippen LogP contribution >= 0.6 is 11.6 Å². The van der Waals surface area contributed by atoms with Gasteiger partial charge in [0.15, 0.2) is 0 Å². The highest BCUT2D eigenvalue weighted by Crippen LogP contribution is 2.31. The largest absolute Gasteiger partial charge is 0.495 e. The Hall–Kier alpha value is -2.09. The lowest BCUT2D eigenvalue weighted by Gasteiger charge is -2.37. The summed E-state index contributed by atoms with van der Waals surface area (Å²) in [5.74, 6) is 0.797. The molecule has 2 heterocycles. The van der Waals surface area contributed by atoms with Crippen LogP contribution in [0, 0.1) is 11.8 Å². The lowest BCUT2D eigenvalue weighted by molar-refractivity contribution is -0.138. The number of halogens is 1. The first-order valence-electron chi connectivity index (χ1n) is 11.5. The molecule has 33 heavy (non-hydrogen) atoms. The number of benzene rings is 2. The highest BCUT2D eigenvalue weighted by Gasteiger charge is 2.36. The normalized spacial score (nSPS) is 20.5. The number of hydrogen-bond acceptors (Lipinski definition) is 4. The quantitative estimate of drug-likeness (QED) is 0.607. The Morgan fingerprint density at radius 3 is 2.45 bits per heavy atom. The number of hydrogen-bond donors (Lipinski definition) is 0. The molecule has 4 rings (SSSR count). The number of piperidine rings is 2. The Balaban J connectivity index is 1.36. The summed E-state index contributed by atoms with van der Waals surface area (Å²) in [5.41, 5.74) is 1.34. The average Bonchev–Trinajstić information content (AvgIpc) is 2.84. The zero-order valence-electron chi connectivity index (χ0n) is 19.0. The van der Waals surface area contributed by atoms with Crippen molar-refractivity contribution < 1.29 is 17.9 Å². The first-order valence-corrected chi connectivity index (χ1v) is 13.4. The summed E-state index contributed by atoms with van der Waals surface area (Å²) < 4.78 is 33.0. The molecule has 6 nitrogen and oxygen atoms in total. The lowest BCUT2D eigenvalue weighted by Crippen LogP contribution is -2.48. The summed E-state index contributed by atoms with van der Waals surface area (Å²) >= 11 is 6.15. The summed E-state index contributed by atoms with van der Waals surface area (Å²) in [6.45, 7) is 2.12. The van der Waals surface area contributed by atoms with Gasteiger partial charge in [-0.2, -0.15) is 4.31 Å². The van der Waals surface area contributed by atoms with E-state index in [0.29, 0.717) is 24.6 Å². The molecule has 2 aliphatic heterocycles. The van der Waals surface area contributed by atoms with Gasteiger partial charge in [0.2, 0.25) is 15.9 Å². The Morgan fingerprint density at radius 2 is 1.79 bits per heavy atom. The Labute approximate surface area is 201 Å². The van der Waals surface area contributed by atoms with E-state index in [9.17, 15) is 13.2 Å². The number of ether oxygens (including phenoxy) is 1. The highest BCUT2D eigenvalue weighted by molar-refractivity contribution is 7.89. The van der Waals surface area contributed by atoms with E-state index in [1.54, 1.807) is 6.07 Å². The molecule has 2 aromatic rings. The van der Waals surface area contributed by atoms with Crippen molar-refractivity contribution in [1.29, 1.82) is 0 Å². The van der Waals surface area contributed by atoms with E-state index >= 15 is 0 Å². The number of carbonyl (C=O) groups excluding carboxylic acids is 1. The van der Waals surface area contributed by atoms with Gasteiger partial charge in [-0.1, -0.05) is 41.9 Å². The van der Waals surface area contributed by atoms with Crippen LogP contribution in [0.25, 0.3) is 0 Å². The molecule has 0 aliphatic carbocycles. The number of sulfonamides is 1.